The second-order valence-electron chi connectivity index (χ2n) is 8.52. The van der Waals surface area contributed by atoms with E-state index in [1.807, 2.05) is 41.8 Å². The highest BCUT2D eigenvalue weighted by molar-refractivity contribution is 7.89. The fraction of sp³-hybridized carbons (Fsp3) is 0.440. The lowest BCUT2D eigenvalue weighted by Gasteiger charge is -2.26. The number of carbonyl (C=O) groups is 1. The van der Waals surface area contributed by atoms with Crippen LogP contribution in [-0.2, 0) is 37.4 Å². The number of esters is 1. The summed E-state index contributed by atoms with van der Waals surface area (Å²) in [4.78, 5) is 17.3. The quantitative estimate of drug-likeness (QED) is 0.429. The number of aromatic nitrogens is 2. The summed E-state index contributed by atoms with van der Waals surface area (Å²) in [6.07, 6.45) is 1.14. The van der Waals surface area contributed by atoms with Gasteiger partial charge in [0.25, 0.3) is 0 Å². The third kappa shape index (κ3) is 5.32. The van der Waals surface area contributed by atoms with Crippen LogP contribution < -0.4 is 0 Å². The minimum atomic E-state index is -3.62. The molecule has 1 aliphatic rings. The molecule has 1 unspecified atom stereocenters. The number of fused-ring (bicyclic) bond motifs is 1. The van der Waals surface area contributed by atoms with E-state index in [1.165, 1.54) is 4.31 Å². The molecule has 0 aliphatic carbocycles. The van der Waals surface area contributed by atoms with Gasteiger partial charge in [-0.3, -0.25) is 4.79 Å². The number of aryl methyl sites for hydroxylation is 1. The fourth-order valence-corrected chi connectivity index (χ4v) is 5.62. The van der Waals surface area contributed by atoms with Crippen LogP contribution in [0.3, 0.4) is 0 Å². The number of carbonyl (C=O) groups excluding carboxylic acids is 1. The molecule has 1 aromatic heterocycles. The smallest absolute Gasteiger partial charge is 0.306 e. The zero-order valence-corrected chi connectivity index (χ0v) is 20.5. The Balaban J connectivity index is 1.51. The van der Waals surface area contributed by atoms with E-state index in [2.05, 4.69) is 11.9 Å². The van der Waals surface area contributed by atoms with Crippen molar-refractivity contribution in [2.45, 2.75) is 50.7 Å². The average molecular weight is 486 g/mol. The van der Waals surface area contributed by atoms with Crippen LogP contribution in [0.1, 0.15) is 44.0 Å². The molecule has 0 radical (unpaired) electrons. The first-order valence-corrected chi connectivity index (χ1v) is 13.1. The molecule has 0 saturated carbocycles. The Morgan fingerprint density at radius 2 is 1.88 bits per heavy atom. The van der Waals surface area contributed by atoms with Crippen LogP contribution in [0.4, 0.5) is 0 Å². The van der Waals surface area contributed by atoms with Crippen LogP contribution in [0.5, 0.6) is 0 Å². The molecule has 34 heavy (non-hydrogen) atoms. The highest BCUT2D eigenvalue weighted by atomic mass is 32.2. The maximum absolute atomic E-state index is 13.0. The van der Waals surface area contributed by atoms with E-state index >= 15 is 0 Å². The molecule has 0 N–H and O–H groups in total. The number of hydrogen-bond acceptors (Lipinski definition) is 6. The van der Waals surface area contributed by atoms with Gasteiger partial charge in [-0.2, -0.15) is 4.31 Å². The normalized spacial score (nSPS) is 15.9. The number of benzene rings is 2. The topological polar surface area (TPSA) is 90.7 Å². The molecule has 182 valence electrons. The van der Waals surface area contributed by atoms with Gasteiger partial charge >= 0.3 is 5.97 Å². The summed E-state index contributed by atoms with van der Waals surface area (Å²) in [6.45, 7) is 6.26. The van der Waals surface area contributed by atoms with Gasteiger partial charge in [0.2, 0.25) is 10.0 Å². The standard InChI is InChI=1S/C25H31N3O5S/c1-3-11-28-23-10-9-21(34(30,31)27-12-14-32-15-13-27)17-22(23)26-24(28)18-33-25(29)16-19(2)20-7-5-4-6-8-20/h4-10,17,19H,3,11-16,18H2,1-2H3. The lowest BCUT2D eigenvalue weighted by Crippen LogP contribution is -2.40. The van der Waals surface area contributed by atoms with Crippen LogP contribution in [-0.4, -0.2) is 54.5 Å². The van der Waals surface area contributed by atoms with Crippen LogP contribution in [0.2, 0.25) is 0 Å². The Morgan fingerprint density at radius 3 is 2.59 bits per heavy atom. The summed E-state index contributed by atoms with van der Waals surface area (Å²) in [5.74, 6) is 0.372. The van der Waals surface area contributed by atoms with Crippen LogP contribution in [0.25, 0.3) is 11.0 Å². The molecule has 2 aromatic carbocycles. The molecule has 0 spiro atoms. The molecule has 1 atom stereocenters. The van der Waals surface area contributed by atoms with Crippen molar-refractivity contribution in [3.8, 4) is 0 Å². The number of nitrogens with zero attached hydrogens (tertiary/aromatic N) is 3. The second-order valence-corrected chi connectivity index (χ2v) is 10.5. The lowest BCUT2D eigenvalue weighted by atomic mass is 9.98. The predicted molar refractivity (Wildman–Crippen MR) is 129 cm³/mol. The maximum Gasteiger partial charge on any atom is 0.306 e. The first-order chi connectivity index (χ1) is 16.4. The van der Waals surface area contributed by atoms with Crippen molar-refractivity contribution in [1.29, 1.82) is 0 Å². The summed E-state index contributed by atoms with van der Waals surface area (Å²) < 4.78 is 40.4. The maximum atomic E-state index is 13.0. The van der Waals surface area contributed by atoms with Gasteiger partial charge in [0, 0.05) is 19.6 Å². The summed E-state index contributed by atoms with van der Waals surface area (Å²) in [6, 6.07) is 14.9. The molecule has 1 saturated heterocycles. The Hall–Kier alpha value is -2.75. The Labute approximate surface area is 200 Å². The number of sulfonamides is 1. The summed E-state index contributed by atoms with van der Waals surface area (Å²) in [7, 11) is -3.62. The summed E-state index contributed by atoms with van der Waals surface area (Å²) in [5, 5.41) is 0. The molecule has 1 aliphatic heterocycles. The first kappa shape index (κ1) is 24.4. The van der Waals surface area contributed by atoms with Crippen molar-refractivity contribution in [3.63, 3.8) is 0 Å². The molecule has 9 heteroatoms. The van der Waals surface area contributed by atoms with Crippen molar-refractivity contribution in [2.24, 2.45) is 0 Å². The summed E-state index contributed by atoms with van der Waals surface area (Å²) >= 11 is 0. The van der Waals surface area contributed by atoms with Crippen molar-refractivity contribution in [1.82, 2.24) is 13.9 Å². The van der Waals surface area contributed by atoms with E-state index in [1.54, 1.807) is 18.2 Å². The van der Waals surface area contributed by atoms with Gasteiger partial charge < -0.3 is 14.0 Å². The highest BCUT2D eigenvalue weighted by Crippen LogP contribution is 2.25. The van der Waals surface area contributed by atoms with Crippen molar-refractivity contribution in [3.05, 3.63) is 59.9 Å². The predicted octanol–water partition coefficient (Wildman–Crippen LogP) is 3.70. The molecule has 3 aromatic rings. The van der Waals surface area contributed by atoms with Gasteiger partial charge in [-0.15, -0.1) is 0 Å². The van der Waals surface area contributed by atoms with E-state index in [9.17, 15) is 13.2 Å². The number of imidazole rings is 1. The molecule has 1 fully saturated rings. The molecule has 0 bridgehead atoms. The van der Waals surface area contributed by atoms with Gasteiger partial charge in [-0.1, -0.05) is 44.2 Å². The van der Waals surface area contributed by atoms with Gasteiger partial charge in [0.15, 0.2) is 0 Å². The molecule has 0 amide bonds. The first-order valence-electron chi connectivity index (χ1n) is 11.7. The fourth-order valence-electron chi connectivity index (χ4n) is 4.19. The lowest BCUT2D eigenvalue weighted by molar-refractivity contribution is -0.145. The molecule has 2 heterocycles. The van der Waals surface area contributed by atoms with Gasteiger partial charge in [-0.05, 0) is 36.1 Å². The van der Waals surface area contributed by atoms with E-state index in [4.69, 9.17) is 9.47 Å². The van der Waals surface area contributed by atoms with Crippen molar-refractivity contribution >= 4 is 27.0 Å². The minimum Gasteiger partial charge on any atom is -0.457 e. The Kier molecular flexibility index (Phi) is 7.65. The molecule has 8 nitrogen and oxygen atoms in total. The van der Waals surface area contributed by atoms with Crippen molar-refractivity contribution in [2.75, 3.05) is 26.3 Å². The van der Waals surface area contributed by atoms with Gasteiger partial charge in [0.1, 0.15) is 12.4 Å². The van der Waals surface area contributed by atoms with Gasteiger partial charge in [0.05, 0.1) is 35.6 Å². The van der Waals surface area contributed by atoms with E-state index < -0.39 is 10.0 Å². The minimum absolute atomic E-state index is 0.0422. The SMILES string of the molecule is CCCn1c(COC(=O)CC(C)c2ccccc2)nc2cc(S(=O)(=O)N3CCOCC3)ccc21. The number of morpholine rings is 1. The molecular formula is C25H31N3O5S. The van der Waals surface area contributed by atoms with E-state index in [0.717, 1.165) is 17.5 Å². The largest absolute Gasteiger partial charge is 0.457 e. The van der Waals surface area contributed by atoms with Crippen molar-refractivity contribution < 1.29 is 22.7 Å². The molecule has 4 rings (SSSR count). The second kappa shape index (κ2) is 10.7. The van der Waals surface area contributed by atoms with Crippen LogP contribution in [0.15, 0.2) is 53.4 Å². The van der Waals surface area contributed by atoms with Crippen LogP contribution >= 0.6 is 0 Å². The summed E-state index contributed by atoms with van der Waals surface area (Å²) in [5.41, 5.74) is 2.49. The zero-order valence-electron chi connectivity index (χ0n) is 19.6. The monoisotopic (exact) mass is 485 g/mol. The van der Waals surface area contributed by atoms with E-state index in [0.29, 0.717) is 44.2 Å². The third-order valence-electron chi connectivity index (χ3n) is 6.06. The average Bonchev–Trinajstić information content (AvgIpc) is 3.20. The number of rotatable bonds is 9. The Bertz CT molecular complexity index is 1230. The van der Waals surface area contributed by atoms with Crippen LogP contribution in [0, 0.1) is 0 Å². The highest BCUT2D eigenvalue weighted by Gasteiger charge is 2.27. The number of hydrogen-bond donors (Lipinski definition) is 0. The number of ether oxygens (including phenoxy) is 2. The van der Waals surface area contributed by atoms with E-state index in [-0.39, 0.29) is 29.8 Å². The van der Waals surface area contributed by atoms with Gasteiger partial charge in [-0.25, -0.2) is 13.4 Å². The Morgan fingerprint density at radius 1 is 1.15 bits per heavy atom. The molecular weight excluding hydrogens is 454 g/mol. The zero-order chi connectivity index (χ0) is 24.1. The third-order valence-corrected chi connectivity index (χ3v) is 7.95.